The molecule has 0 aromatic carbocycles. The molecule has 0 amide bonds. The Balaban J connectivity index is 2.17. The van der Waals surface area contributed by atoms with Gasteiger partial charge >= 0.3 is 5.69 Å². The van der Waals surface area contributed by atoms with Crippen LogP contribution in [0, 0.1) is 0 Å². The van der Waals surface area contributed by atoms with Crippen molar-refractivity contribution in [1.82, 2.24) is 15.3 Å². The van der Waals surface area contributed by atoms with Gasteiger partial charge in [-0.2, -0.15) is 0 Å². The van der Waals surface area contributed by atoms with E-state index in [1.54, 1.807) is 6.20 Å². The van der Waals surface area contributed by atoms with Gasteiger partial charge in [-0.3, -0.25) is 0 Å². The molecule has 2 N–H and O–H groups in total. The summed E-state index contributed by atoms with van der Waals surface area (Å²) in [5.74, 6) is 0. The number of nitrogens with one attached hydrogen (secondary N) is 2. The maximum Gasteiger partial charge on any atom is 0.345 e. The van der Waals surface area contributed by atoms with Gasteiger partial charge in [0.2, 0.25) is 0 Å². The van der Waals surface area contributed by atoms with Crippen LogP contribution in [-0.2, 0) is 6.42 Å². The van der Waals surface area contributed by atoms with E-state index in [1.165, 1.54) is 18.4 Å². The summed E-state index contributed by atoms with van der Waals surface area (Å²) in [5, 5.41) is 3.50. The second-order valence-electron chi connectivity index (χ2n) is 3.82. The van der Waals surface area contributed by atoms with E-state index in [-0.39, 0.29) is 5.69 Å². The fourth-order valence-corrected chi connectivity index (χ4v) is 2.38. The van der Waals surface area contributed by atoms with E-state index in [4.69, 9.17) is 0 Å². The molecular weight excluding hydrogens is 166 g/mol. The van der Waals surface area contributed by atoms with Gasteiger partial charge < -0.3 is 10.3 Å². The standard InChI is InChI=1S/C9H11N3O/c13-9-10-4-6-7-2-1-5(11-7)3-8(6)12-9/h4-5,7,11H,1-3H2,(H,10,12,13)/t5-,7+/m0/s1. The molecule has 2 atom stereocenters. The first-order valence-electron chi connectivity index (χ1n) is 4.67. The molecule has 2 aliphatic rings. The SMILES string of the molecule is O=c1ncc2c([nH]1)C[C@@H]1CC[C@H]2N1. The summed E-state index contributed by atoms with van der Waals surface area (Å²) in [5.41, 5.74) is 2.06. The quantitative estimate of drug-likeness (QED) is 0.591. The van der Waals surface area contributed by atoms with E-state index >= 15 is 0 Å². The molecule has 2 bridgehead atoms. The molecule has 1 saturated heterocycles. The van der Waals surface area contributed by atoms with Gasteiger partial charge in [-0.15, -0.1) is 0 Å². The second kappa shape index (κ2) is 2.42. The van der Waals surface area contributed by atoms with E-state index in [2.05, 4.69) is 15.3 Å². The van der Waals surface area contributed by atoms with Crippen molar-refractivity contribution in [1.29, 1.82) is 0 Å². The van der Waals surface area contributed by atoms with Crippen LogP contribution >= 0.6 is 0 Å². The summed E-state index contributed by atoms with van der Waals surface area (Å²) in [4.78, 5) is 17.6. The molecule has 4 nitrogen and oxygen atoms in total. The summed E-state index contributed by atoms with van der Waals surface area (Å²) in [6.45, 7) is 0. The molecule has 3 rings (SSSR count). The number of hydrogen-bond donors (Lipinski definition) is 2. The Morgan fingerprint density at radius 2 is 2.38 bits per heavy atom. The van der Waals surface area contributed by atoms with Crippen molar-refractivity contribution < 1.29 is 0 Å². The van der Waals surface area contributed by atoms with E-state index in [0.717, 1.165) is 12.1 Å². The lowest BCUT2D eigenvalue weighted by Crippen LogP contribution is -2.34. The topological polar surface area (TPSA) is 57.8 Å². The van der Waals surface area contributed by atoms with Crippen molar-refractivity contribution in [2.75, 3.05) is 0 Å². The number of aromatic amines is 1. The third-order valence-electron chi connectivity index (χ3n) is 2.99. The van der Waals surface area contributed by atoms with Gasteiger partial charge in [0.1, 0.15) is 0 Å². The minimum Gasteiger partial charge on any atom is -0.309 e. The van der Waals surface area contributed by atoms with Gasteiger partial charge in [-0.1, -0.05) is 0 Å². The normalized spacial score (nSPS) is 30.2. The van der Waals surface area contributed by atoms with Crippen molar-refractivity contribution in [3.63, 3.8) is 0 Å². The molecule has 0 spiro atoms. The second-order valence-corrected chi connectivity index (χ2v) is 3.82. The predicted octanol–water partition coefficient (Wildman–Crippen LogP) is 0.119. The van der Waals surface area contributed by atoms with Crippen LogP contribution in [0.4, 0.5) is 0 Å². The summed E-state index contributed by atoms with van der Waals surface area (Å²) in [7, 11) is 0. The zero-order valence-corrected chi connectivity index (χ0v) is 7.21. The molecule has 68 valence electrons. The highest BCUT2D eigenvalue weighted by atomic mass is 16.1. The highest BCUT2D eigenvalue weighted by molar-refractivity contribution is 5.26. The van der Waals surface area contributed by atoms with Gasteiger partial charge in [0.05, 0.1) is 0 Å². The van der Waals surface area contributed by atoms with Crippen LogP contribution < -0.4 is 11.0 Å². The summed E-state index contributed by atoms with van der Waals surface area (Å²) < 4.78 is 0. The monoisotopic (exact) mass is 177 g/mol. The van der Waals surface area contributed by atoms with Crippen LogP contribution in [0.25, 0.3) is 0 Å². The maximum absolute atomic E-state index is 11.0. The number of aromatic nitrogens is 2. The van der Waals surface area contributed by atoms with Crippen LogP contribution in [0.15, 0.2) is 11.0 Å². The van der Waals surface area contributed by atoms with Crippen molar-refractivity contribution in [2.24, 2.45) is 0 Å². The first kappa shape index (κ1) is 7.26. The molecular formula is C9H11N3O. The Hall–Kier alpha value is -1.16. The van der Waals surface area contributed by atoms with E-state index < -0.39 is 0 Å². The number of fused-ring (bicyclic) bond motifs is 4. The minimum atomic E-state index is -0.222. The van der Waals surface area contributed by atoms with Crippen LogP contribution in [0.5, 0.6) is 0 Å². The Kier molecular flexibility index (Phi) is 1.35. The molecule has 0 saturated carbocycles. The Morgan fingerprint density at radius 3 is 3.31 bits per heavy atom. The van der Waals surface area contributed by atoms with Gasteiger partial charge in [-0.05, 0) is 12.8 Å². The molecule has 0 radical (unpaired) electrons. The number of H-pyrrole nitrogens is 1. The van der Waals surface area contributed by atoms with Gasteiger partial charge in [-0.25, -0.2) is 9.78 Å². The third-order valence-corrected chi connectivity index (χ3v) is 2.99. The third kappa shape index (κ3) is 1.02. The summed E-state index contributed by atoms with van der Waals surface area (Å²) in [6.07, 6.45) is 5.05. The fraction of sp³-hybridized carbons (Fsp3) is 0.556. The van der Waals surface area contributed by atoms with Crippen molar-refractivity contribution in [2.45, 2.75) is 31.3 Å². The molecule has 1 fully saturated rings. The van der Waals surface area contributed by atoms with Crippen molar-refractivity contribution in [3.8, 4) is 0 Å². The average molecular weight is 177 g/mol. The maximum atomic E-state index is 11.0. The average Bonchev–Trinajstić information content (AvgIpc) is 2.48. The van der Waals surface area contributed by atoms with E-state index in [0.29, 0.717) is 12.1 Å². The first-order chi connectivity index (χ1) is 6.33. The molecule has 3 heterocycles. The zero-order valence-electron chi connectivity index (χ0n) is 7.21. The molecule has 4 heteroatoms. The number of hydrogen-bond acceptors (Lipinski definition) is 3. The molecule has 13 heavy (non-hydrogen) atoms. The largest absolute Gasteiger partial charge is 0.345 e. The van der Waals surface area contributed by atoms with Crippen LogP contribution in [0.1, 0.15) is 30.1 Å². The predicted molar refractivity (Wildman–Crippen MR) is 47.5 cm³/mol. The van der Waals surface area contributed by atoms with Crippen LogP contribution in [-0.4, -0.2) is 16.0 Å². The number of nitrogens with zero attached hydrogens (tertiary/aromatic N) is 1. The van der Waals surface area contributed by atoms with Crippen LogP contribution in [0.3, 0.4) is 0 Å². The lowest BCUT2D eigenvalue weighted by atomic mass is 10.0. The smallest absolute Gasteiger partial charge is 0.309 e. The molecule has 0 unspecified atom stereocenters. The Bertz CT molecular complexity index is 398. The fourth-order valence-electron chi connectivity index (χ4n) is 2.38. The lowest BCUT2D eigenvalue weighted by Gasteiger charge is -2.23. The number of rotatable bonds is 0. The molecule has 1 aromatic heterocycles. The molecule has 1 aromatic rings. The van der Waals surface area contributed by atoms with Crippen molar-refractivity contribution >= 4 is 0 Å². The highest BCUT2D eigenvalue weighted by Gasteiger charge is 2.32. The summed E-state index contributed by atoms with van der Waals surface area (Å²) >= 11 is 0. The summed E-state index contributed by atoms with van der Waals surface area (Å²) in [6, 6.07) is 0.994. The first-order valence-corrected chi connectivity index (χ1v) is 4.67. The van der Waals surface area contributed by atoms with Crippen molar-refractivity contribution in [3.05, 3.63) is 27.9 Å². The Labute approximate surface area is 75.4 Å². The molecule has 2 aliphatic heterocycles. The Morgan fingerprint density at radius 1 is 1.46 bits per heavy atom. The van der Waals surface area contributed by atoms with Gasteiger partial charge in [0.15, 0.2) is 0 Å². The lowest BCUT2D eigenvalue weighted by molar-refractivity contribution is 0.502. The van der Waals surface area contributed by atoms with Gasteiger partial charge in [0.25, 0.3) is 0 Å². The van der Waals surface area contributed by atoms with Crippen LogP contribution in [0.2, 0.25) is 0 Å². The minimum absolute atomic E-state index is 0.222. The van der Waals surface area contributed by atoms with E-state index in [9.17, 15) is 4.79 Å². The zero-order chi connectivity index (χ0) is 8.84. The molecule has 0 aliphatic carbocycles. The highest BCUT2D eigenvalue weighted by Crippen LogP contribution is 2.33. The van der Waals surface area contributed by atoms with Gasteiger partial charge in [0, 0.05) is 36.0 Å². The van der Waals surface area contributed by atoms with E-state index in [1.807, 2.05) is 0 Å².